The third-order valence-electron chi connectivity index (χ3n) is 3.98. The fraction of sp³-hybridized carbons (Fsp3) is 0.588. The normalized spacial score (nSPS) is 21.8. The topological polar surface area (TPSA) is 63.2 Å². The van der Waals surface area contributed by atoms with Gasteiger partial charge < -0.3 is 5.32 Å². The predicted octanol–water partition coefficient (Wildman–Crippen LogP) is 2.77. The van der Waals surface area contributed by atoms with E-state index in [1.807, 2.05) is 19.1 Å². The molecule has 1 amide bonds. The lowest BCUT2D eigenvalue weighted by Crippen LogP contribution is -2.39. The second kappa shape index (κ2) is 6.85. The quantitative estimate of drug-likeness (QED) is 0.844. The summed E-state index contributed by atoms with van der Waals surface area (Å²) in [7, 11) is -2.97. The number of benzene rings is 1. The molecule has 0 unspecified atom stereocenters. The Balaban J connectivity index is 1.91. The van der Waals surface area contributed by atoms with E-state index in [0.717, 1.165) is 4.90 Å². The maximum Gasteiger partial charge on any atom is 0.233 e. The van der Waals surface area contributed by atoms with E-state index in [4.69, 9.17) is 0 Å². The minimum absolute atomic E-state index is 0.0659. The summed E-state index contributed by atoms with van der Waals surface area (Å²) in [6.45, 7) is 8.35. The van der Waals surface area contributed by atoms with Crippen LogP contribution < -0.4 is 5.32 Å². The highest BCUT2D eigenvalue weighted by Gasteiger charge is 2.30. The van der Waals surface area contributed by atoms with Crippen LogP contribution in [0.25, 0.3) is 0 Å². The number of nitrogens with one attached hydrogen (secondary N) is 1. The summed E-state index contributed by atoms with van der Waals surface area (Å²) >= 11 is 1.49. The van der Waals surface area contributed by atoms with Crippen molar-refractivity contribution in [3.05, 3.63) is 29.8 Å². The minimum atomic E-state index is -2.97. The Hall–Kier alpha value is -1.01. The minimum Gasteiger partial charge on any atom is -0.351 e. The van der Waals surface area contributed by atoms with Crippen molar-refractivity contribution < 1.29 is 13.2 Å². The molecule has 1 aromatic rings. The monoisotopic (exact) mass is 355 g/mol. The fourth-order valence-corrected chi connectivity index (χ4v) is 5.07. The number of hydrogen-bond donors (Lipinski definition) is 1. The third kappa shape index (κ3) is 5.24. The summed E-state index contributed by atoms with van der Waals surface area (Å²) in [4.78, 5) is 13.3. The highest BCUT2D eigenvalue weighted by molar-refractivity contribution is 8.00. The van der Waals surface area contributed by atoms with Gasteiger partial charge in [0.05, 0.1) is 16.8 Å². The van der Waals surface area contributed by atoms with Gasteiger partial charge in [0, 0.05) is 10.9 Å². The molecule has 0 radical (unpaired) electrons. The van der Waals surface area contributed by atoms with Gasteiger partial charge in [-0.2, -0.15) is 0 Å². The first-order chi connectivity index (χ1) is 10.6. The summed E-state index contributed by atoms with van der Waals surface area (Å²) in [5.74, 6) is 0.140. The van der Waals surface area contributed by atoms with Gasteiger partial charge in [-0.05, 0) is 36.5 Å². The number of carbonyl (C=O) groups is 1. The number of rotatable bonds is 4. The SMILES string of the molecule is C[C@@H](Sc1ccc(C(C)(C)C)cc1)C(=O)N[C@H]1CCS(=O)(=O)C1. The van der Waals surface area contributed by atoms with Crippen molar-refractivity contribution in [1.29, 1.82) is 0 Å². The number of amides is 1. The first-order valence-corrected chi connectivity index (χ1v) is 10.5. The molecule has 23 heavy (non-hydrogen) atoms. The van der Waals surface area contributed by atoms with E-state index in [1.165, 1.54) is 17.3 Å². The lowest BCUT2D eigenvalue weighted by atomic mass is 9.87. The molecule has 0 spiro atoms. The van der Waals surface area contributed by atoms with Gasteiger partial charge in [-0.3, -0.25) is 4.79 Å². The van der Waals surface area contributed by atoms with Crippen LogP contribution in [0.3, 0.4) is 0 Å². The van der Waals surface area contributed by atoms with E-state index in [2.05, 4.69) is 38.2 Å². The van der Waals surface area contributed by atoms with Crippen molar-refractivity contribution in [1.82, 2.24) is 5.32 Å². The van der Waals surface area contributed by atoms with Crippen LogP contribution in [-0.4, -0.2) is 37.1 Å². The molecule has 2 rings (SSSR count). The van der Waals surface area contributed by atoms with E-state index in [1.54, 1.807) is 0 Å². The predicted molar refractivity (Wildman–Crippen MR) is 95.7 cm³/mol. The number of thioether (sulfide) groups is 1. The molecule has 0 bridgehead atoms. The van der Waals surface area contributed by atoms with Crippen LogP contribution >= 0.6 is 11.8 Å². The molecule has 128 valence electrons. The van der Waals surface area contributed by atoms with Crippen LogP contribution in [0.5, 0.6) is 0 Å². The van der Waals surface area contributed by atoms with Gasteiger partial charge in [0.1, 0.15) is 0 Å². The van der Waals surface area contributed by atoms with Crippen LogP contribution in [0, 0.1) is 0 Å². The Morgan fingerprint density at radius 1 is 1.26 bits per heavy atom. The van der Waals surface area contributed by atoms with Gasteiger partial charge in [-0.25, -0.2) is 8.42 Å². The second-order valence-electron chi connectivity index (χ2n) is 7.14. The van der Waals surface area contributed by atoms with Gasteiger partial charge in [0.25, 0.3) is 0 Å². The van der Waals surface area contributed by atoms with E-state index in [9.17, 15) is 13.2 Å². The largest absolute Gasteiger partial charge is 0.351 e. The molecule has 0 saturated carbocycles. The maximum absolute atomic E-state index is 12.2. The van der Waals surface area contributed by atoms with Gasteiger partial charge in [0.2, 0.25) is 5.91 Å². The van der Waals surface area contributed by atoms with Crippen molar-refractivity contribution in [2.45, 2.75) is 55.7 Å². The second-order valence-corrected chi connectivity index (χ2v) is 10.8. The Kier molecular flexibility index (Phi) is 5.46. The number of carbonyl (C=O) groups excluding carboxylic acids is 1. The van der Waals surface area contributed by atoms with Crippen molar-refractivity contribution in [2.75, 3.05) is 11.5 Å². The molecule has 0 aromatic heterocycles. The van der Waals surface area contributed by atoms with E-state index >= 15 is 0 Å². The van der Waals surface area contributed by atoms with Gasteiger partial charge in [-0.15, -0.1) is 11.8 Å². The highest BCUT2D eigenvalue weighted by Crippen LogP contribution is 2.28. The third-order valence-corrected chi connectivity index (χ3v) is 6.86. The molecule has 1 N–H and O–H groups in total. The van der Waals surface area contributed by atoms with E-state index in [-0.39, 0.29) is 34.1 Å². The first-order valence-electron chi connectivity index (χ1n) is 7.85. The number of sulfone groups is 1. The molecule has 1 saturated heterocycles. The van der Waals surface area contributed by atoms with Crippen molar-refractivity contribution >= 4 is 27.5 Å². The summed E-state index contributed by atoms with van der Waals surface area (Å²) in [6, 6.07) is 8.02. The van der Waals surface area contributed by atoms with Crippen LogP contribution in [-0.2, 0) is 20.0 Å². The smallest absolute Gasteiger partial charge is 0.233 e. The summed E-state index contributed by atoms with van der Waals surface area (Å²) in [6.07, 6.45) is 0.520. The Morgan fingerprint density at radius 3 is 2.35 bits per heavy atom. The van der Waals surface area contributed by atoms with Gasteiger partial charge >= 0.3 is 0 Å². The van der Waals surface area contributed by atoms with Crippen molar-refractivity contribution in [3.63, 3.8) is 0 Å². The molecule has 1 aliphatic heterocycles. The molecule has 1 aliphatic rings. The van der Waals surface area contributed by atoms with Gasteiger partial charge in [0.15, 0.2) is 9.84 Å². The average molecular weight is 356 g/mol. The molecule has 4 nitrogen and oxygen atoms in total. The lowest BCUT2D eigenvalue weighted by molar-refractivity contribution is -0.120. The van der Waals surface area contributed by atoms with E-state index < -0.39 is 9.84 Å². The van der Waals surface area contributed by atoms with E-state index in [0.29, 0.717) is 6.42 Å². The molecule has 0 aliphatic carbocycles. The maximum atomic E-state index is 12.2. The van der Waals surface area contributed by atoms with Crippen LogP contribution in [0.15, 0.2) is 29.2 Å². The Labute approximate surface area is 143 Å². The standard InChI is InChI=1S/C17H25NO3S2/c1-12(16(19)18-14-9-10-23(20,21)11-14)22-15-7-5-13(6-8-15)17(2,3)4/h5-8,12,14H,9-11H2,1-4H3,(H,18,19)/t12-,14+/m1/s1. The van der Waals surface area contributed by atoms with Gasteiger partial charge in [-0.1, -0.05) is 32.9 Å². The molecule has 6 heteroatoms. The van der Waals surface area contributed by atoms with Crippen molar-refractivity contribution in [3.8, 4) is 0 Å². The molecule has 2 atom stereocenters. The summed E-state index contributed by atoms with van der Waals surface area (Å²) < 4.78 is 22.9. The average Bonchev–Trinajstić information content (AvgIpc) is 2.77. The molecule has 1 fully saturated rings. The van der Waals surface area contributed by atoms with Crippen LogP contribution in [0.1, 0.15) is 39.7 Å². The number of hydrogen-bond acceptors (Lipinski definition) is 4. The van der Waals surface area contributed by atoms with Crippen LogP contribution in [0.2, 0.25) is 0 Å². The first kappa shape index (κ1) is 18.3. The zero-order valence-corrected chi connectivity index (χ0v) is 15.8. The lowest BCUT2D eigenvalue weighted by Gasteiger charge is -2.20. The molecule has 1 heterocycles. The zero-order chi connectivity index (χ0) is 17.3. The Bertz CT molecular complexity index is 660. The van der Waals surface area contributed by atoms with Crippen LogP contribution in [0.4, 0.5) is 0 Å². The summed E-state index contributed by atoms with van der Waals surface area (Å²) in [5, 5.41) is 2.60. The fourth-order valence-electron chi connectivity index (χ4n) is 2.52. The molecule has 1 aromatic carbocycles. The highest BCUT2D eigenvalue weighted by atomic mass is 32.2. The molecular formula is C17H25NO3S2. The molecular weight excluding hydrogens is 330 g/mol. The van der Waals surface area contributed by atoms with Crippen molar-refractivity contribution in [2.24, 2.45) is 0 Å². The zero-order valence-electron chi connectivity index (χ0n) is 14.1. The Morgan fingerprint density at radius 2 is 1.87 bits per heavy atom. The summed E-state index contributed by atoms with van der Waals surface area (Å²) in [5.41, 5.74) is 1.37.